The number of hydroxylamine groups is 2. The number of aliphatic imine (C=N–C) groups is 1. The molecule has 180 valence electrons. The molecule has 1 N–H and O–H groups in total. The Hall–Kier alpha value is -4.04. The molecule has 9 heteroatoms. The fourth-order valence-electron chi connectivity index (χ4n) is 3.52. The number of benzene rings is 2. The summed E-state index contributed by atoms with van der Waals surface area (Å²) in [7, 11) is 1.59. The van der Waals surface area contributed by atoms with Crippen molar-refractivity contribution in [3.8, 4) is 17.2 Å². The van der Waals surface area contributed by atoms with E-state index in [0.29, 0.717) is 39.4 Å². The first-order valence-electron chi connectivity index (χ1n) is 10.8. The number of nitrogens with zero attached hydrogens (tertiary/aromatic N) is 2. The molecule has 4 rings (SSSR count). The Balaban J connectivity index is 1.37. The van der Waals surface area contributed by atoms with Gasteiger partial charge < -0.3 is 19.0 Å². The average molecular weight is 494 g/mol. The largest absolute Gasteiger partial charge is 0.493 e. The third-order valence-electron chi connectivity index (χ3n) is 5.15. The molecule has 0 saturated heterocycles. The van der Waals surface area contributed by atoms with Crippen molar-refractivity contribution < 1.29 is 23.8 Å². The smallest absolute Gasteiger partial charge is 0.282 e. The molecule has 2 heterocycles. The maximum atomic E-state index is 12.4. The normalized spacial score (nSPS) is 15.9. The Morgan fingerprint density at radius 3 is 2.60 bits per heavy atom. The van der Waals surface area contributed by atoms with Crippen LogP contribution in [0.5, 0.6) is 17.2 Å². The molecule has 2 aromatic rings. The summed E-state index contributed by atoms with van der Waals surface area (Å²) >= 11 is 6.39. The summed E-state index contributed by atoms with van der Waals surface area (Å²) in [6.07, 6.45) is 5.72. The molecule has 0 fully saturated rings. The quantitative estimate of drug-likeness (QED) is 0.300. The molecule has 0 atom stereocenters. The molecular weight excluding hydrogens is 470 g/mol. The van der Waals surface area contributed by atoms with Gasteiger partial charge in [-0.15, -0.1) is 11.6 Å². The van der Waals surface area contributed by atoms with Crippen molar-refractivity contribution in [2.45, 2.75) is 13.3 Å². The molecule has 0 spiro atoms. The SMILES string of the molecule is C=CCc1ccc(OCCOc2ccc(/C=C3\C(=N)N4OC(C)=CC4=NC3=O)cc2Cl)c(OC)c1. The predicted molar refractivity (Wildman–Crippen MR) is 134 cm³/mol. The second-order valence-corrected chi connectivity index (χ2v) is 8.09. The van der Waals surface area contributed by atoms with Gasteiger partial charge in [-0.05, 0) is 54.8 Å². The Labute approximate surface area is 208 Å². The lowest BCUT2D eigenvalue weighted by Gasteiger charge is -2.23. The van der Waals surface area contributed by atoms with Gasteiger partial charge in [-0.1, -0.05) is 29.8 Å². The highest BCUT2D eigenvalue weighted by atomic mass is 35.5. The highest BCUT2D eigenvalue weighted by Gasteiger charge is 2.34. The van der Waals surface area contributed by atoms with E-state index >= 15 is 0 Å². The highest BCUT2D eigenvalue weighted by molar-refractivity contribution is 6.33. The minimum absolute atomic E-state index is 0.0883. The summed E-state index contributed by atoms with van der Waals surface area (Å²) in [5.74, 6) is 1.98. The van der Waals surface area contributed by atoms with Crippen LogP contribution in [-0.2, 0) is 16.1 Å². The molecular formula is C26H24ClN3O5. The molecule has 35 heavy (non-hydrogen) atoms. The Bertz CT molecular complexity index is 1280. The zero-order chi connectivity index (χ0) is 24.9. The summed E-state index contributed by atoms with van der Waals surface area (Å²) in [6.45, 7) is 6.02. The third-order valence-corrected chi connectivity index (χ3v) is 5.45. The van der Waals surface area contributed by atoms with Gasteiger partial charge in [-0.2, -0.15) is 4.99 Å². The summed E-state index contributed by atoms with van der Waals surface area (Å²) in [4.78, 5) is 21.8. The lowest BCUT2D eigenvalue weighted by Crippen LogP contribution is -2.38. The Morgan fingerprint density at radius 1 is 1.14 bits per heavy atom. The number of methoxy groups -OCH3 is 1. The van der Waals surface area contributed by atoms with Crippen LogP contribution in [-0.4, -0.2) is 43.0 Å². The van der Waals surface area contributed by atoms with E-state index in [9.17, 15) is 4.79 Å². The van der Waals surface area contributed by atoms with E-state index in [-0.39, 0.29) is 24.6 Å². The number of carbonyl (C=O) groups excluding carboxylic acids is 1. The van der Waals surface area contributed by atoms with Crippen molar-refractivity contribution in [2.24, 2.45) is 4.99 Å². The summed E-state index contributed by atoms with van der Waals surface area (Å²) in [6, 6.07) is 10.8. The maximum Gasteiger partial charge on any atom is 0.282 e. The van der Waals surface area contributed by atoms with E-state index in [1.54, 1.807) is 44.4 Å². The number of allylic oxidation sites excluding steroid dienone is 2. The minimum atomic E-state index is -0.516. The van der Waals surface area contributed by atoms with Crippen molar-refractivity contribution >= 4 is 35.3 Å². The number of amides is 1. The number of hydrogen-bond donors (Lipinski definition) is 1. The monoisotopic (exact) mass is 493 g/mol. The number of carbonyl (C=O) groups is 1. The second kappa shape index (κ2) is 10.5. The number of rotatable bonds is 9. The fraction of sp³-hybridized carbons (Fsp3) is 0.192. The van der Waals surface area contributed by atoms with Crippen LogP contribution in [0.2, 0.25) is 5.02 Å². The molecule has 2 aliphatic rings. The molecule has 2 aliphatic heterocycles. The molecule has 0 saturated carbocycles. The van der Waals surface area contributed by atoms with Crippen LogP contribution in [0.4, 0.5) is 0 Å². The van der Waals surface area contributed by atoms with E-state index in [2.05, 4.69) is 11.6 Å². The van der Waals surface area contributed by atoms with Crippen molar-refractivity contribution in [1.82, 2.24) is 5.06 Å². The zero-order valence-electron chi connectivity index (χ0n) is 19.3. The van der Waals surface area contributed by atoms with Crippen molar-refractivity contribution in [2.75, 3.05) is 20.3 Å². The van der Waals surface area contributed by atoms with Crippen LogP contribution >= 0.6 is 11.6 Å². The van der Waals surface area contributed by atoms with Gasteiger partial charge in [-0.3, -0.25) is 10.2 Å². The minimum Gasteiger partial charge on any atom is -0.493 e. The van der Waals surface area contributed by atoms with E-state index in [1.807, 2.05) is 24.3 Å². The number of amidine groups is 2. The van der Waals surface area contributed by atoms with Crippen molar-refractivity contribution in [1.29, 1.82) is 5.41 Å². The maximum absolute atomic E-state index is 12.4. The highest BCUT2D eigenvalue weighted by Crippen LogP contribution is 2.30. The topological polar surface area (TPSA) is 93.4 Å². The summed E-state index contributed by atoms with van der Waals surface area (Å²) in [5, 5.41) is 9.87. The molecule has 0 aromatic heterocycles. The molecule has 1 amide bonds. The van der Waals surface area contributed by atoms with Crippen molar-refractivity contribution in [3.63, 3.8) is 0 Å². The summed E-state index contributed by atoms with van der Waals surface area (Å²) < 4.78 is 16.9. The number of nitrogens with one attached hydrogen (secondary N) is 1. The number of fused-ring (bicyclic) bond motifs is 1. The second-order valence-electron chi connectivity index (χ2n) is 7.69. The van der Waals surface area contributed by atoms with Crippen molar-refractivity contribution in [3.05, 3.63) is 82.6 Å². The van der Waals surface area contributed by atoms with Gasteiger partial charge in [0, 0.05) is 6.08 Å². The van der Waals surface area contributed by atoms with E-state index < -0.39 is 5.91 Å². The fourth-order valence-corrected chi connectivity index (χ4v) is 3.76. The van der Waals surface area contributed by atoms with Gasteiger partial charge in [0.1, 0.15) is 24.7 Å². The number of hydrogen-bond acceptors (Lipinski definition) is 6. The summed E-state index contributed by atoms with van der Waals surface area (Å²) in [5.41, 5.74) is 1.81. The van der Waals surface area contributed by atoms with Gasteiger partial charge in [0.05, 0.1) is 17.7 Å². The first kappa shape index (κ1) is 24.1. The molecule has 2 aromatic carbocycles. The van der Waals surface area contributed by atoms with E-state index in [1.165, 1.54) is 5.06 Å². The van der Waals surface area contributed by atoms with Crippen LogP contribution in [0.25, 0.3) is 6.08 Å². The zero-order valence-corrected chi connectivity index (χ0v) is 20.1. The lowest BCUT2D eigenvalue weighted by molar-refractivity contribution is -0.114. The van der Waals surface area contributed by atoms with Gasteiger partial charge in [0.25, 0.3) is 5.91 Å². The molecule has 0 unspecified atom stereocenters. The Morgan fingerprint density at radius 2 is 1.89 bits per heavy atom. The molecule has 8 nitrogen and oxygen atoms in total. The third kappa shape index (κ3) is 5.38. The number of ether oxygens (including phenoxy) is 3. The van der Waals surface area contributed by atoms with Gasteiger partial charge in [0.2, 0.25) is 0 Å². The van der Waals surface area contributed by atoms with Gasteiger partial charge >= 0.3 is 0 Å². The standard InChI is InChI=1S/C26H24ClN3O5/c1-4-5-17-6-9-22(23(15-17)32-3)34-11-10-33-21-8-7-18(14-20(21)27)13-19-25(28)30-24(29-26(19)31)12-16(2)35-30/h4,6-9,12-15,28H,1,5,10-11H2,2-3H3/b19-13+,28-25?. The van der Waals surface area contributed by atoms with Crippen LogP contribution in [0.1, 0.15) is 18.1 Å². The lowest BCUT2D eigenvalue weighted by atomic mass is 10.1. The van der Waals surface area contributed by atoms with Crippen LogP contribution in [0.3, 0.4) is 0 Å². The average Bonchev–Trinajstić information content (AvgIpc) is 3.21. The molecule has 0 bridgehead atoms. The first-order valence-corrected chi connectivity index (χ1v) is 11.2. The van der Waals surface area contributed by atoms with E-state index in [0.717, 1.165) is 12.0 Å². The first-order chi connectivity index (χ1) is 16.9. The van der Waals surface area contributed by atoms with Crippen LogP contribution < -0.4 is 14.2 Å². The van der Waals surface area contributed by atoms with Crippen LogP contribution in [0, 0.1) is 5.41 Å². The predicted octanol–water partition coefficient (Wildman–Crippen LogP) is 4.99. The Kier molecular flexibility index (Phi) is 7.22. The van der Waals surface area contributed by atoms with Crippen LogP contribution in [0.15, 0.2) is 71.5 Å². The number of halogens is 1. The van der Waals surface area contributed by atoms with E-state index in [4.69, 9.17) is 36.1 Å². The van der Waals surface area contributed by atoms with Gasteiger partial charge in [0.15, 0.2) is 23.2 Å². The molecule has 0 radical (unpaired) electrons. The molecule has 0 aliphatic carbocycles. The van der Waals surface area contributed by atoms with Gasteiger partial charge in [-0.25, -0.2) is 0 Å².